The van der Waals surface area contributed by atoms with Gasteiger partial charge in [0.25, 0.3) is 0 Å². The Morgan fingerprint density at radius 2 is 1.83 bits per heavy atom. The van der Waals surface area contributed by atoms with E-state index in [4.69, 9.17) is 0 Å². The lowest BCUT2D eigenvalue weighted by Crippen LogP contribution is -2.28. The van der Waals surface area contributed by atoms with Gasteiger partial charge in [-0.25, -0.2) is 9.48 Å². The molecule has 1 aromatic heterocycles. The average molecular weight is 306 g/mol. The molecular weight excluding hydrogens is 288 g/mol. The maximum absolute atomic E-state index is 11.8. The molecule has 1 heterocycles. The molecule has 0 fully saturated rings. The quantitative estimate of drug-likeness (QED) is 0.772. The largest absolute Gasteiger partial charge is 0.338 e. The summed E-state index contributed by atoms with van der Waals surface area (Å²) in [6.07, 6.45) is 3.75. The topological polar surface area (TPSA) is 59.0 Å². The van der Waals surface area contributed by atoms with Crippen molar-refractivity contribution in [3.63, 3.8) is 0 Å². The summed E-state index contributed by atoms with van der Waals surface area (Å²) in [7, 11) is 0. The minimum absolute atomic E-state index is 0.213. The molecule has 2 aromatic carbocycles. The van der Waals surface area contributed by atoms with Gasteiger partial charge in [-0.2, -0.15) is 5.10 Å². The second-order valence-electron chi connectivity index (χ2n) is 5.04. The van der Waals surface area contributed by atoms with Gasteiger partial charge in [-0.05, 0) is 25.1 Å². The molecule has 116 valence electrons. The molecule has 23 heavy (non-hydrogen) atoms. The van der Waals surface area contributed by atoms with Crippen LogP contribution in [0.15, 0.2) is 67.0 Å². The monoisotopic (exact) mass is 306 g/mol. The highest BCUT2D eigenvalue weighted by Gasteiger charge is 2.10. The molecule has 0 saturated heterocycles. The number of hydrogen-bond donors (Lipinski definition) is 2. The van der Waals surface area contributed by atoms with Crippen LogP contribution in [0.4, 0.5) is 10.5 Å². The minimum atomic E-state index is -0.213. The molecule has 0 unspecified atom stereocenters. The van der Waals surface area contributed by atoms with E-state index in [1.807, 2.05) is 72.4 Å². The third-order valence-corrected chi connectivity index (χ3v) is 3.43. The Balaban J connectivity index is 1.91. The van der Waals surface area contributed by atoms with E-state index in [2.05, 4.69) is 15.7 Å². The molecule has 0 aliphatic rings. The Morgan fingerprint density at radius 3 is 2.61 bits per heavy atom. The molecule has 0 aliphatic carbocycles. The van der Waals surface area contributed by atoms with Gasteiger partial charge in [-0.3, -0.25) is 0 Å². The highest BCUT2D eigenvalue weighted by atomic mass is 16.2. The van der Waals surface area contributed by atoms with Crippen LogP contribution >= 0.6 is 0 Å². The number of amides is 2. The molecule has 0 atom stereocenters. The Labute approximate surface area is 135 Å². The van der Waals surface area contributed by atoms with Crippen molar-refractivity contribution in [1.82, 2.24) is 15.1 Å². The van der Waals surface area contributed by atoms with Crippen LogP contribution in [-0.4, -0.2) is 22.4 Å². The maximum Gasteiger partial charge on any atom is 0.319 e. The number of anilines is 1. The van der Waals surface area contributed by atoms with Gasteiger partial charge >= 0.3 is 6.03 Å². The number of benzene rings is 2. The van der Waals surface area contributed by atoms with Crippen molar-refractivity contribution in [3.05, 3.63) is 67.0 Å². The molecule has 3 aromatic rings. The highest BCUT2D eigenvalue weighted by Crippen LogP contribution is 2.28. The van der Waals surface area contributed by atoms with Crippen molar-refractivity contribution >= 4 is 11.7 Å². The van der Waals surface area contributed by atoms with Crippen LogP contribution in [0.25, 0.3) is 16.8 Å². The van der Waals surface area contributed by atoms with Crippen LogP contribution in [0.2, 0.25) is 0 Å². The van der Waals surface area contributed by atoms with Gasteiger partial charge in [-0.1, -0.05) is 36.4 Å². The number of carbonyl (C=O) groups excluding carboxylic acids is 1. The second kappa shape index (κ2) is 6.79. The first-order chi connectivity index (χ1) is 11.3. The van der Waals surface area contributed by atoms with Crippen molar-refractivity contribution in [2.75, 3.05) is 11.9 Å². The number of hydrogen-bond acceptors (Lipinski definition) is 2. The fourth-order valence-corrected chi connectivity index (χ4v) is 2.35. The molecule has 0 spiro atoms. The van der Waals surface area contributed by atoms with Crippen LogP contribution in [0.5, 0.6) is 0 Å². The van der Waals surface area contributed by atoms with Gasteiger partial charge < -0.3 is 10.6 Å². The van der Waals surface area contributed by atoms with Crippen LogP contribution < -0.4 is 10.6 Å². The lowest BCUT2D eigenvalue weighted by molar-refractivity contribution is 0.252. The molecule has 0 bridgehead atoms. The number of nitrogens with zero attached hydrogens (tertiary/aromatic N) is 2. The summed E-state index contributed by atoms with van der Waals surface area (Å²) in [5.74, 6) is 0. The van der Waals surface area contributed by atoms with E-state index in [0.29, 0.717) is 6.54 Å². The number of carbonyl (C=O) groups is 1. The predicted molar refractivity (Wildman–Crippen MR) is 91.7 cm³/mol. The summed E-state index contributed by atoms with van der Waals surface area (Å²) < 4.78 is 1.82. The number of rotatable bonds is 4. The van der Waals surface area contributed by atoms with E-state index in [-0.39, 0.29) is 6.03 Å². The normalized spacial score (nSPS) is 10.3. The van der Waals surface area contributed by atoms with Crippen molar-refractivity contribution in [1.29, 1.82) is 0 Å². The average Bonchev–Trinajstić information content (AvgIpc) is 3.06. The zero-order valence-electron chi connectivity index (χ0n) is 12.9. The Bertz CT molecular complexity index is 796. The van der Waals surface area contributed by atoms with Gasteiger partial charge in [0, 0.05) is 23.9 Å². The number of urea groups is 1. The van der Waals surface area contributed by atoms with Crippen molar-refractivity contribution < 1.29 is 4.79 Å². The SMILES string of the molecule is CCNC(=O)Nc1ccccc1-c1cnn(-c2ccccc2)c1. The fraction of sp³-hybridized carbons (Fsp3) is 0.111. The molecule has 0 radical (unpaired) electrons. The van der Waals surface area contributed by atoms with Crippen molar-refractivity contribution in [3.8, 4) is 16.8 Å². The zero-order chi connectivity index (χ0) is 16.1. The van der Waals surface area contributed by atoms with E-state index in [0.717, 1.165) is 22.5 Å². The molecule has 0 saturated carbocycles. The lowest BCUT2D eigenvalue weighted by Gasteiger charge is -2.10. The molecular formula is C18H18N4O. The van der Waals surface area contributed by atoms with E-state index in [9.17, 15) is 4.79 Å². The summed E-state index contributed by atoms with van der Waals surface area (Å²) in [4.78, 5) is 11.8. The summed E-state index contributed by atoms with van der Waals surface area (Å²) >= 11 is 0. The smallest absolute Gasteiger partial charge is 0.319 e. The lowest BCUT2D eigenvalue weighted by atomic mass is 10.1. The van der Waals surface area contributed by atoms with Gasteiger partial charge in [0.05, 0.1) is 17.6 Å². The van der Waals surface area contributed by atoms with E-state index in [1.54, 1.807) is 6.20 Å². The number of para-hydroxylation sites is 2. The Morgan fingerprint density at radius 1 is 1.09 bits per heavy atom. The maximum atomic E-state index is 11.8. The van der Waals surface area contributed by atoms with Crippen molar-refractivity contribution in [2.45, 2.75) is 6.92 Å². The molecule has 3 rings (SSSR count). The first kappa shape index (κ1) is 14.8. The third-order valence-electron chi connectivity index (χ3n) is 3.43. The van der Waals surface area contributed by atoms with Crippen LogP contribution in [-0.2, 0) is 0 Å². The van der Waals surface area contributed by atoms with Gasteiger partial charge in [-0.15, -0.1) is 0 Å². The van der Waals surface area contributed by atoms with E-state index >= 15 is 0 Å². The van der Waals surface area contributed by atoms with Gasteiger partial charge in [0.1, 0.15) is 0 Å². The number of aromatic nitrogens is 2. The van der Waals surface area contributed by atoms with Crippen molar-refractivity contribution in [2.24, 2.45) is 0 Å². The summed E-state index contributed by atoms with van der Waals surface area (Å²) in [6, 6.07) is 17.4. The zero-order valence-corrected chi connectivity index (χ0v) is 12.9. The third kappa shape index (κ3) is 3.40. The molecule has 0 aliphatic heterocycles. The van der Waals surface area contributed by atoms with E-state index in [1.165, 1.54) is 0 Å². The Kier molecular flexibility index (Phi) is 4.38. The second-order valence-corrected chi connectivity index (χ2v) is 5.04. The number of nitrogens with one attached hydrogen (secondary N) is 2. The van der Waals surface area contributed by atoms with Gasteiger partial charge in [0.15, 0.2) is 0 Å². The molecule has 2 N–H and O–H groups in total. The van der Waals surface area contributed by atoms with E-state index < -0.39 is 0 Å². The van der Waals surface area contributed by atoms with Gasteiger partial charge in [0.2, 0.25) is 0 Å². The Hall–Kier alpha value is -3.08. The minimum Gasteiger partial charge on any atom is -0.338 e. The summed E-state index contributed by atoms with van der Waals surface area (Å²) in [5.41, 5.74) is 3.63. The van der Waals surface area contributed by atoms with Crippen LogP contribution in [0, 0.1) is 0 Å². The molecule has 5 heteroatoms. The predicted octanol–water partition coefficient (Wildman–Crippen LogP) is 3.68. The molecule has 2 amide bonds. The van der Waals surface area contributed by atoms with Crippen LogP contribution in [0.3, 0.4) is 0 Å². The highest BCUT2D eigenvalue weighted by molar-refractivity contribution is 5.94. The summed E-state index contributed by atoms with van der Waals surface area (Å²) in [5, 5.41) is 10.0. The van der Waals surface area contributed by atoms with Crippen LogP contribution in [0.1, 0.15) is 6.92 Å². The first-order valence-electron chi connectivity index (χ1n) is 7.52. The molecule has 5 nitrogen and oxygen atoms in total. The summed E-state index contributed by atoms with van der Waals surface area (Å²) in [6.45, 7) is 2.47. The standard InChI is InChI=1S/C18H18N4O/c1-2-19-18(23)21-17-11-7-6-10-16(17)14-12-20-22(13-14)15-8-4-3-5-9-15/h3-13H,2H2,1H3,(H2,19,21,23). The first-order valence-corrected chi connectivity index (χ1v) is 7.52. The fourth-order valence-electron chi connectivity index (χ4n) is 2.35.